The van der Waals surface area contributed by atoms with E-state index in [9.17, 15) is 0 Å². The molecule has 17 heavy (non-hydrogen) atoms. The van der Waals surface area contributed by atoms with Gasteiger partial charge in [0.2, 0.25) is 0 Å². The van der Waals surface area contributed by atoms with Crippen LogP contribution in [0.3, 0.4) is 0 Å². The first kappa shape index (κ1) is 12.4. The third-order valence-corrected chi connectivity index (χ3v) is 4.10. The molecular weight excluding hydrogens is 208 g/mol. The maximum absolute atomic E-state index is 3.55. The maximum atomic E-state index is 3.55. The highest BCUT2D eigenvalue weighted by atomic mass is 15.2. The first-order chi connectivity index (χ1) is 8.26. The standard InChI is InChI=1S/C15H24N2/c1-4-13(5-2)17(3)14-10-12-8-6-7-9-15(12)16-11-14/h6-9,13-14,16H,4-5,10-11H2,1-3H3. The van der Waals surface area contributed by atoms with E-state index in [1.165, 1.54) is 30.5 Å². The smallest absolute Gasteiger partial charge is 0.0373 e. The zero-order valence-electron chi connectivity index (χ0n) is 11.2. The number of para-hydroxylation sites is 1. The van der Waals surface area contributed by atoms with Gasteiger partial charge in [-0.2, -0.15) is 0 Å². The van der Waals surface area contributed by atoms with Crippen LogP contribution in [0, 0.1) is 0 Å². The highest BCUT2D eigenvalue weighted by Gasteiger charge is 2.24. The summed E-state index contributed by atoms with van der Waals surface area (Å²) in [7, 11) is 2.28. The molecule has 1 atom stereocenters. The summed E-state index contributed by atoms with van der Waals surface area (Å²) in [5.41, 5.74) is 2.78. The van der Waals surface area contributed by atoms with Crippen molar-refractivity contribution in [3.05, 3.63) is 29.8 Å². The Bertz CT molecular complexity index is 358. The second kappa shape index (κ2) is 5.54. The van der Waals surface area contributed by atoms with E-state index >= 15 is 0 Å². The molecule has 2 nitrogen and oxygen atoms in total. The fourth-order valence-corrected chi connectivity index (χ4v) is 2.88. The van der Waals surface area contributed by atoms with Gasteiger partial charge in [-0.3, -0.25) is 4.90 Å². The van der Waals surface area contributed by atoms with Gasteiger partial charge in [-0.1, -0.05) is 32.0 Å². The Morgan fingerprint density at radius 3 is 2.71 bits per heavy atom. The molecule has 0 saturated carbocycles. The van der Waals surface area contributed by atoms with Gasteiger partial charge in [0, 0.05) is 24.3 Å². The zero-order chi connectivity index (χ0) is 12.3. The molecule has 0 fully saturated rings. The quantitative estimate of drug-likeness (QED) is 0.858. The van der Waals surface area contributed by atoms with Crippen LogP contribution in [0.25, 0.3) is 0 Å². The topological polar surface area (TPSA) is 15.3 Å². The summed E-state index contributed by atoms with van der Waals surface area (Å²) in [4.78, 5) is 2.56. The zero-order valence-corrected chi connectivity index (χ0v) is 11.2. The first-order valence-electron chi connectivity index (χ1n) is 6.80. The van der Waals surface area contributed by atoms with Gasteiger partial charge in [-0.25, -0.2) is 0 Å². The highest BCUT2D eigenvalue weighted by Crippen LogP contribution is 2.24. The minimum Gasteiger partial charge on any atom is -0.383 e. The molecule has 0 bridgehead atoms. The number of anilines is 1. The van der Waals surface area contributed by atoms with Crippen LogP contribution in [0.4, 0.5) is 5.69 Å². The van der Waals surface area contributed by atoms with E-state index in [2.05, 4.69) is 55.4 Å². The summed E-state index contributed by atoms with van der Waals surface area (Å²) in [6, 6.07) is 10.0. The Hall–Kier alpha value is -1.02. The van der Waals surface area contributed by atoms with Crippen LogP contribution in [0.2, 0.25) is 0 Å². The van der Waals surface area contributed by atoms with E-state index in [0.29, 0.717) is 12.1 Å². The summed E-state index contributed by atoms with van der Waals surface area (Å²) in [5, 5.41) is 3.55. The van der Waals surface area contributed by atoms with Crippen molar-refractivity contribution in [3.8, 4) is 0 Å². The average molecular weight is 232 g/mol. The first-order valence-corrected chi connectivity index (χ1v) is 6.80. The fraction of sp³-hybridized carbons (Fsp3) is 0.600. The lowest BCUT2D eigenvalue weighted by molar-refractivity contribution is 0.167. The summed E-state index contributed by atoms with van der Waals surface area (Å²) in [6.07, 6.45) is 3.66. The third kappa shape index (κ3) is 2.63. The van der Waals surface area contributed by atoms with Crippen molar-refractivity contribution < 1.29 is 0 Å². The summed E-state index contributed by atoms with van der Waals surface area (Å²) < 4.78 is 0. The Kier molecular flexibility index (Phi) is 4.06. The number of rotatable bonds is 4. The van der Waals surface area contributed by atoms with Crippen molar-refractivity contribution in [1.82, 2.24) is 4.90 Å². The van der Waals surface area contributed by atoms with Gasteiger partial charge in [-0.05, 0) is 37.9 Å². The lowest BCUT2D eigenvalue weighted by Gasteiger charge is -2.37. The Balaban J connectivity index is 2.07. The van der Waals surface area contributed by atoms with Gasteiger partial charge < -0.3 is 5.32 Å². The molecule has 94 valence electrons. The SMILES string of the molecule is CCC(CC)N(C)C1CNc2ccccc2C1. The molecule has 0 saturated heterocycles. The normalized spacial score (nSPS) is 19.2. The molecular formula is C15H24N2. The monoisotopic (exact) mass is 232 g/mol. The number of hydrogen-bond acceptors (Lipinski definition) is 2. The molecule has 2 heteroatoms. The number of likely N-dealkylation sites (N-methyl/N-ethyl adjacent to an activating group) is 1. The molecule has 1 aliphatic rings. The number of nitrogens with zero attached hydrogens (tertiary/aromatic N) is 1. The van der Waals surface area contributed by atoms with Crippen LogP contribution in [0.1, 0.15) is 32.3 Å². The molecule has 1 unspecified atom stereocenters. The molecule has 0 aromatic heterocycles. The molecule has 0 amide bonds. The van der Waals surface area contributed by atoms with Crippen molar-refractivity contribution >= 4 is 5.69 Å². The van der Waals surface area contributed by atoms with Crippen molar-refractivity contribution in [2.45, 2.75) is 45.2 Å². The van der Waals surface area contributed by atoms with Crippen LogP contribution in [-0.4, -0.2) is 30.6 Å². The van der Waals surface area contributed by atoms with Crippen molar-refractivity contribution in [3.63, 3.8) is 0 Å². The Morgan fingerprint density at radius 1 is 1.29 bits per heavy atom. The Morgan fingerprint density at radius 2 is 2.00 bits per heavy atom. The van der Waals surface area contributed by atoms with Crippen molar-refractivity contribution in [2.75, 3.05) is 18.9 Å². The van der Waals surface area contributed by atoms with Gasteiger partial charge in [0.1, 0.15) is 0 Å². The van der Waals surface area contributed by atoms with E-state index in [0.717, 1.165) is 6.54 Å². The lowest BCUT2D eigenvalue weighted by atomic mass is 9.97. The number of hydrogen-bond donors (Lipinski definition) is 1. The Labute approximate surface area is 105 Å². The van der Waals surface area contributed by atoms with Gasteiger partial charge in [-0.15, -0.1) is 0 Å². The summed E-state index contributed by atoms with van der Waals surface area (Å²) in [6.45, 7) is 5.65. The van der Waals surface area contributed by atoms with Crippen LogP contribution in [-0.2, 0) is 6.42 Å². The van der Waals surface area contributed by atoms with Crippen LogP contribution < -0.4 is 5.32 Å². The molecule has 0 spiro atoms. The number of benzene rings is 1. The van der Waals surface area contributed by atoms with Crippen molar-refractivity contribution in [1.29, 1.82) is 0 Å². The largest absolute Gasteiger partial charge is 0.383 e. The average Bonchev–Trinajstić information content (AvgIpc) is 2.39. The predicted octanol–water partition coefficient (Wildman–Crippen LogP) is 3.14. The van der Waals surface area contributed by atoms with Gasteiger partial charge in [0.15, 0.2) is 0 Å². The second-order valence-corrected chi connectivity index (χ2v) is 5.03. The van der Waals surface area contributed by atoms with E-state index in [1.807, 2.05) is 0 Å². The number of nitrogens with one attached hydrogen (secondary N) is 1. The summed E-state index contributed by atoms with van der Waals surface area (Å²) in [5.74, 6) is 0. The van der Waals surface area contributed by atoms with E-state index in [-0.39, 0.29) is 0 Å². The van der Waals surface area contributed by atoms with Gasteiger partial charge in [0.25, 0.3) is 0 Å². The molecule has 1 aliphatic heterocycles. The van der Waals surface area contributed by atoms with Gasteiger partial charge >= 0.3 is 0 Å². The predicted molar refractivity (Wildman–Crippen MR) is 74.6 cm³/mol. The van der Waals surface area contributed by atoms with Crippen LogP contribution in [0.5, 0.6) is 0 Å². The van der Waals surface area contributed by atoms with E-state index in [1.54, 1.807) is 0 Å². The van der Waals surface area contributed by atoms with Crippen LogP contribution >= 0.6 is 0 Å². The lowest BCUT2D eigenvalue weighted by Crippen LogP contribution is -2.46. The molecule has 1 N–H and O–H groups in total. The molecule has 1 heterocycles. The number of fused-ring (bicyclic) bond motifs is 1. The highest BCUT2D eigenvalue weighted by molar-refractivity contribution is 5.53. The van der Waals surface area contributed by atoms with Crippen molar-refractivity contribution in [2.24, 2.45) is 0 Å². The van der Waals surface area contributed by atoms with Crippen LogP contribution in [0.15, 0.2) is 24.3 Å². The molecule has 0 radical (unpaired) electrons. The molecule has 0 aliphatic carbocycles. The molecule has 1 aromatic rings. The van der Waals surface area contributed by atoms with E-state index < -0.39 is 0 Å². The maximum Gasteiger partial charge on any atom is 0.0373 e. The second-order valence-electron chi connectivity index (χ2n) is 5.03. The minimum absolute atomic E-state index is 0.634. The van der Waals surface area contributed by atoms with Gasteiger partial charge in [0.05, 0.1) is 0 Å². The fourth-order valence-electron chi connectivity index (χ4n) is 2.88. The summed E-state index contributed by atoms with van der Waals surface area (Å²) >= 11 is 0. The van der Waals surface area contributed by atoms with E-state index in [4.69, 9.17) is 0 Å². The third-order valence-electron chi connectivity index (χ3n) is 4.10. The molecule has 1 aromatic carbocycles. The molecule has 2 rings (SSSR count). The minimum atomic E-state index is 0.634.